The zero-order valence-electron chi connectivity index (χ0n) is 17.3. The summed E-state index contributed by atoms with van der Waals surface area (Å²) in [6.07, 6.45) is -3.20. The second-order valence-electron chi connectivity index (χ2n) is 7.05. The first-order valence-corrected chi connectivity index (χ1v) is 9.67. The zero-order valence-corrected chi connectivity index (χ0v) is 17.3. The third-order valence-corrected chi connectivity index (χ3v) is 4.88. The number of alkyl halides is 3. The molecule has 0 N–H and O–H groups in total. The maximum Gasteiger partial charge on any atom is 0.422 e. The summed E-state index contributed by atoms with van der Waals surface area (Å²) in [5.41, 5.74) is 1.39. The van der Waals surface area contributed by atoms with Crippen LogP contribution < -0.4 is 14.2 Å². The lowest BCUT2D eigenvalue weighted by Gasteiger charge is -2.34. The molecular weight excluding hydrogens is 415 g/mol. The normalized spacial score (nSPS) is 14.9. The minimum Gasteiger partial charge on any atom is -0.493 e. The van der Waals surface area contributed by atoms with Crippen molar-refractivity contribution in [3.63, 3.8) is 0 Å². The van der Waals surface area contributed by atoms with Gasteiger partial charge in [0.05, 0.1) is 19.8 Å². The third kappa shape index (κ3) is 6.24. The van der Waals surface area contributed by atoms with Crippen molar-refractivity contribution in [1.82, 2.24) is 14.8 Å². The maximum absolute atomic E-state index is 12.7. The lowest BCUT2D eigenvalue weighted by Crippen LogP contribution is -2.48. The fraction of sp³-hybridized carbons (Fsp3) is 0.429. The third-order valence-electron chi connectivity index (χ3n) is 4.88. The van der Waals surface area contributed by atoms with Gasteiger partial charge in [-0.25, -0.2) is 4.98 Å². The molecule has 0 spiro atoms. The highest BCUT2D eigenvalue weighted by molar-refractivity contribution is 5.94. The summed E-state index contributed by atoms with van der Waals surface area (Å²) in [6.45, 7) is 1.77. The van der Waals surface area contributed by atoms with Gasteiger partial charge in [-0.05, 0) is 23.8 Å². The molecule has 1 aliphatic rings. The number of amides is 1. The standard InChI is InChI=1S/C21H24F3N3O4/c1-29-17-5-3-15(11-18(17)30-2)13-26-7-9-27(10-8-26)20(28)16-4-6-19(25-12-16)31-14-21(22,23)24/h3-6,11-12H,7-10,13-14H2,1-2H3. The molecule has 0 unspecified atom stereocenters. The zero-order chi connectivity index (χ0) is 22.4. The summed E-state index contributed by atoms with van der Waals surface area (Å²) in [4.78, 5) is 20.4. The molecule has 1 saturated heterocycles. The van der Waals surface area contributed by atoms with Gasteiger partial charge in [0, 0.05) is 45.0 Å². The number of hydrogen-bond donors (Lipinski definition) is 0. The summed E-state index contributed by atoms with van der Waals surface area (Å²) in [5, 5.41) is 0. The van der Waals surface area contributed by atoms with Crippen LogP contribution in [0, 0.1) is 0 Å². The first kappa shape index (κ1) is 22.7. The van der Waals surface area contributed by atoms with Crippen LogP contribution >= 0.6 is 0 Å². The van der Waals surface area contributed by atoms with E-state index in [4.69, 9.17) is 9.47 Å². The van der Waals surface area contributed by atoms with E-state index in [1.165, 1.54) is 18.3 Å². The predicted molar refractivity (Wildman–Crippen MR) is 107 cm³/mol. The Bertz CT molecular complexity index is 882. The van der Waals surface area contributed by atoms with E-state index in [9.17, 15) is 18.0 Å². The maximum atomic E-state index is 12.7. The summed E-state index contributed by atoms with van der Waals surface area (Å²) in [5.74, 6) is 0.961. The molecule has 0 bridgehead atoms. The van der Waals surface area contributed by atoms with Gasteiger partial charge in [0.15, 0.2) is 18.1 Å². The Morgan fingerprint density at radius 1 is 1.03 bits per heavy atom. The van der Waals surface area contributed by atoms with E-state index < -0.39 is 12.8 Å². The molecule has 0 atom stereocenters. The van der Waals surface area contributed by atoms with Crippen molar-refractivity contribution in [3.05, 3.63) is 47.7 Å². The van der Waals surface area contributed by atoms with Crippen LogP contribution in [0.4, 0.5) is 13.2 Å². The Balaban J connectivity index is 1.51. The number of carbonyl (C=O) groups is 1. The van der Waals surface area contributed by atoms with Crippen molar-refractivity contribution >= 4 is 5.91 Å². The van der Waals surface area contributed by atoms with Crippen LogP contribution in [-0.2, 0) is 6.54 Å². The first-order valence-electron chi connectivity index (χ1n) is 9.67. The lowest BCUT2D eigenvalue weighted by molar-refractivity contribution is -0.154. The lowest BCUT2D eigenvalue weighted by atomic mass is 10.1. The molecule has 2 heterocycles. The number of piperazine rings is 1. The van der Waals surface area contributed by atoms with E-state index in [2.05, 4.69) is 14.6 Å². The van der Waals surface area contributed by atoms with E-state index in [1.54, 1.807) is 19.1 Å². The summed E-state index contributed by atoms with van der Waals surface area (Å²) >= 11 is 0. The average Bonchev–Trinajstić information content (AvgIpc) is 2.77. The molecule has 2 aromatic rings. The molecule has 1 aliphatic heterocycles. The van der Waals surface area contributed by atoms with Crippen LogP contribution in [0.25, 0.3) is 0 Å². The molecule has 3 rings (SSSR count). The highest BCUT2D eigenvalue weighted by Crippen LogP contribution is 2.28. The van der Waals surface area contributed by atoms with Crippen LogP contribution in [0.5, 0.6) is 17.4 Å². The number of halogens is 3. The molecule has 0 radical (unpaired) electrons. The van der Waals surface area contributed by atoms with Crippen LogP contribution in [0.2, 0.25) is 0 Å². The molecule has 168 valence electrons. The van der Waals surface area contributed by atoms with Gasteiger partial charge in [0.25, 0.3) is 5.91 Å². The molecule has 1 aromatic carbocycles. The molecule has 0 saturated carbocycles. The van der Waals surface area contributed by atoms with Crippen molar-refractivity contribution < 1.29 is 32.2 Å². The Morgan fingerprint density at radius 3 is 2.32 bits per heavy atom. The smallest absolute Gasteiger partial charge is 0.422 e. The molecule has 10 heteroatoms. The monoisotopic (exact) mass is 439 g/mol. The molecule has 1 fully saturated rings. The van der Waals surface area contributed by atoms with E-state index in [0.717, 1.165) is 12.1 Å². The largest absolute Gasteiger partial charge is 0.493 e. The minimum atomic E-state index is -4.44. The van der Waals surface area contributed by atoms with Crippen molar-refractivity contribution in [2.45, 2.75) is 12.7 Å². The topological polar surface area (TPSA) is 64.1 Å². The number of nitrogens with zero attached hydrogens (tertiary/aromatic N) is 3. The average molecular weight is 439 g/mol. The van der Waals surface area contributed by atoms with E-state index in [1.807, 2.05) is 18.2 Å². The first-order chi connectivity index (χ1) is 14.8. The SMILES string of the molecule is COc1ccc(CN2CCN(C(=O)c3ccc(OCC(F)(F)F)nc3)CC2)cc1OC. The number of ether oxygens (including phenoxy) is 3. The van der Waals surface area contributed by atoms with E-state index in [-0.39, 0.29) is 11.8 Å². The van der Waals surface area contributed by atoms with Crippen molar-refractivity contribution in [3.8, 4) is 17.4 Å². The Morgan fingerprint density at radius 2 is 1.74 bits per heavy atom. The van der Waals surface area contributed by atoms with E-state index in [0.29, 0.717) is 43.2 Å². The van der Waals surface area contributed by atoms with Crippen LogP contribution in [-0.4, -0.2) is 73.9 Å². The van der Waals surface area contributed by atoms with Gasteiger partial charge in [-0.1, -0.05) is 6.07 Å². The number of methoxy groups -OCH3 is 2. The Kier molecular flexibility index (Phi) is 7.21. The quantitative estimate of drug-likeness (QED) is 0.661. The van der Waals surface area contributed by atoms with Gasteiger partial charge in [-0.15, -0.1) is 0 Å². The summed E-state index contributed by atoms with van der Waals surface area (Å²) < 4.78 is 51.8. The number of carbonyl (C=O) groups excluding carboxylic acids is 1. The molecule has 1 amide bonds. The summed E-state index contributed by atoms with van der Waals surface area (Å²) in [7, 11) is 3.18. The number of benzene rings is 1. The predicted octanol–water partition coefficient (Wildman–Crippen LogP) is 3.00. The number of rotatable bonds is 7. The number of aromatic nitrogens is 1. The van der Waals surface area contributed by atoms with Gasteiger partial charge in [-0.2, -0.15) is 13.2 Å². The van der Waals surface area contributed by atoms with Gasteiger partial charge < -0.3 is 19.1 Å². The number of pyridine rings is 1. The van der Waals surface area contributed by atoms with Gasteiger partial charge in [0.1, 0.15) is 0 Å². The van der Waals surface area contributed by atoms with Gasteiger partial charge in [0.2, 0.25) is 5.88 Å². The van der Waals surface area contributed by atoms with Crippen molar-refractivity contribution in [2.75, 3.05) is 47.0 Å². The second kappa shape index (κ2) is 9.86. The van der Waals surface area contributed by atoms with Crippen LogP contribution in [0.1, 0.15) is 15.9 Å². The number of hydrogen-bond acceptors (Lipinski definition) is 6. The van der Waals surface area contributed by atoms with Gasteiger partial charge >= 0.3 is 6.18 Å². The van der Waals surface area contributed by atoms with Crippen molar-refractivity contribution in [2.24, 2.45) is 0 Å². The van der Waals surface area contributed by atoms with Crippen molar-refractivity contribution in [1.29, 1.82) is 0 Å². The molecule has 7 nitrogen and oxygen atoms in total. The molecule has 1 aromatic heterocycles. The molecule has 31 heavy (non-hydrogen) atoms. The fourth-order valence-corrected chi connectivity index (χ4v) is 3.28. The Labute approximate surface area is 178 Å². The minimum absolute atomic E-state index is 0.173. The molecular formula is C21H24F3N3O4. The fourth-order valence-electron chi connectivity index (χ4n) is 3.28. The Hall–Kier alpha value is -3.01. The second-order valence-corrected chi connectivity index (χ2v) is 7.05. The van der Waals surface area contributed by atoms with E-state index >= 15 is 0 Å². The van der Waals surface area contributed by atoms with Gasteiger partial charge in [-0.3, -0.25) is 9.69 Å². The highest BCUT2D eigenvalue weighted by atomic mass is 19.4. The van der Waals surface area contributed by atoms with Crippen LogP contribution in [0.15, 0.2) is 36.5 Å². The summed E-state index contributed by atoms with van der Waals surface area (Å²) in [6, 6.07) is 8.48. The molecule has 0 aliphatic carbocycles. The van der Waals surface area contributed by atoms with Crippen LogP contribution in [0.3, 0.4) is 0 Å². The highest BCUT2D eigenvalue weighted by Gasteiger charge is 2.29.